The van der Waals surface area contributed by atoms with Crippen LogP contribution < -0.4 is 5.32 Å². The number of benzene rings is 1. The number of para-hydroxylation sites is 1. The highest BCUT2D eigenvalue weighted by atomic mass is 16.1. The van der Waals surface area contributed by atoms with Crippen molar-refractivity contribution in [2.45, 2.75) is 26.8 Å². The Morgan fingerprint density at radius 1 is 1.41 bits per heavy atom. The smallest absolute Gasteiger partial charge is 0.220 e. The Kier molecular flexibility index (Phi) is 3.42. The normalized spacial score (nSPS) is 11.0. The van der Waals surface area contributed by atoms with Crippen LogP contribution >= 0.6 is 0 Å². The van der Waals surface area contributed by atoms with E-state index in [1.165, 1.54) is 0 Å². The molecule has 0 saturated carbocycles. The molecule has 0 radical (unpaired) electrons. The molecule has 0 atom stereocenters. The van der Waals surface area contributed by atoms with Crippen molar-refractivity contribution in [1.29, 1.82) is 0 Å². The number of carbonyl (C=O) groups excluding carboxylic acids is 1. The maximum absolute atomic E-state index is 11.5. The van der Waals surface area contributed by atoms with Crippen molar-refractivity contribution >= 4 is 16.8 Å². The SMILES string of the molecule is CC(C)CC(=O)NCc1[nH]nc2ccccc12. The number of H-pyrrole nitrogens is 1. The summed E-state index contributed by atoms with van der Waals surface area (Å²) in [6.07, 6.45) is 0.562. The second-order valence-corrected chi connectivity index (χ2v) is 4.59. The molecule has 4 heteroatoms. The van der Waals surface area contributed by atoms with Crippen molar-refractivity contribution in [3.63, 3.8) is 0 Å². The second kappa shape index (κ2) is 4.99. The van der Waals surface area contributed by atoms with Gasteiger partial charge in [0.1, 0.15) is 0 Å². The molecule has 1 aromatic carbocycles. The zero-order valence-corrected chi connectivity index (χ0v) is 10.2. The van der Waals surface area contributed by atoms with Crippen LogP contribution in [0.1, 0.15) is 26.0 Å². The molecule has 0 bridgehead atoms. The molecular weight excluding hydrogens is 214 g/mol. The first kappa shape index (κ1) is 11.6. The maximum Gasteiger partial charge on any atom is 0.220 e. The quantitative estimate of drug-likeness (QED) is 0.847. The topological polar surface area (TPSA) is 57.8 Å². The first-order valence-corrected chi connectivity index (χ1v) is 5.85. The van der Waals surface area contributed by atoms with Crippen LogP contribution in [0, 0.1) is 5.92 Å². The molecule has 0 spiro atoms. The van der Waals surface area contributed by atoms with E-state index in [0.717, 1.165) is 16.6 Å². The molecular formula is C13H17N3O. The lowest BCUT2D eigenvalue weighted by Gasteiger charge is -2.05. The van der Waals surface area contributed by atoms with Crippen LogP contribution in [-0.2, 0) is 11.3 Å². The Bertz CT molecular complexity index is 516. The number of aromatic nitrogens is 2. The van der Waals surface area contributed by atoms with Gasteiger partial charge in [-0.25, -0.2) is 0 Å². The first-order chi connectivity index (χ1) is 8.16. The molecule has 0 aliphatic carbocycles. The van der Waals surface area contributed by atoms with Gasteiger partial charge in [0.25, 0.3) is 0 Å². The fourth-order valence-electron chi connectivity index (χ4n) is 1.78. The number of hydrogen-bond acceptors (Lipinski definition) is 2. The van der Waals surface area contributed by atoms with Crippen LogP contribution in [-0.4, -0.2) is 16.1 Å². The lowest BCUT2D eigenvalue weighted by atomic mass is 10.1. The predicted octanol–water partition coefficient (Wildman–Crippen LogP) is 2.23. The van der Waals surface area contributed by atoms with E-state index in [-0.39, 0.29) is 5.91 Å². The van der Waals surface area contributed by atoms with Crippen molar-refractivity contribution in [3.8, 4) is 0 Å². The maximum atomic E-state index is 11.5. The minimum Gasteiger partial charge on any atom is -0.350 e. The molecule has 1 heterocycles. The Morgan fingerprint density at radius 3 is 2.94 bits per heavy atom. The van der Waals surface area contributed by atoms with Crippen molar-refractivity contribution < 1.29 is 4.79 Å². The molecule has 1 aromatic heterocycles. The molecule has 0 saturated heterocycles. The van der Waals surface area contributed by atoms with Gasteiger partial charge in [-0.1, -0.05) is 32.0 Å². The van der Waals surface area contributed by atoms with Crippen molar-refractivity contribution in [1.82, 2.24) is 15.5 Å². The van der Waals surface area contributed by atoms with Crippen LogP contribution in [0.2, 0.25) is 0 Å². The van der Waals surface area contributed by atoms with Gasteiger partial charge in [-0.05, 0) is 12.0 Å². The van der Waals surface area contributed by atoms with Gasteiger partial charge in [-0.3, -0.25) is 9.89 Å². The summed E-state index contributed by atoms with van der Waals surface area (Å²) in [6, 6.07) is 7.87. The molecule has 90 valence electrons. The van der Waals surface area contributed by atoms with Gasteiger partial charge in [0.2, 0.25) is 5.91 Å². The average molecular weight is 231 g/mol. The Balaban J connectivity index is 2.02. The Hall–Kier alpha value is -1.84. The highest BCUT2D eigenvalue weighted by molar-refractivity contribution is 5.82. The number of rotatable bonds is 4. The summed E-state index contributed by atoms with van der Waals surface area (Å²) in [5.74, 6) is 0.465. The predicted molar refractivity (Wildman–Crippen MR) is 67.4 cm³/mol. The van der Waals surface area contributed by atoms with Crippen LogP contribution in [0.3, 0.4) is 0 Å². The van der Waals surface area contributed by atoms with E-state index in [1.54, 1.807) is 0 Å². The van der Waals surface area contributed by atoms with Gasteiger partial charge >= 0.3 is 0 Å². The summed E-state index contributed by atoms with van der Waals surface area (Å²) in [7, 11) is 0. The summed E-state index contributed by atoms with van der Waals surface area (Å²) in [5.41, 5.74) is 1.89. The van der Waals surface area contributed by atoms with Crippen LogP contribution in [0.25, 0.3) is 10.9 Å². The minimum absolute atomic E-state index is 0.0821. The standard InChI is InChI=1S/C13H17N3O/c1-9(2)7-13(17)14-8-12-10-5-3-4-6-11(10)15-16-12/h3-6,9H,7-8H2,1-2H3,(H,14,17)(H,15,16). The highest BCUT2D eigenvalue weighted by Crippen LogP contribution is 2.14. The highest BCUT2D eigenvalue weighted by Gasteiger charge is 2.07. The van der Waals surface area contributed by atoms with Crippen LogP contribution in [0.4, 0.5) is 0 Å². The lowest BCUT2D eigenvalue weighted by molar-refractivity contribution is -0.121. The van der Waals surface area contributed by atoms with Gasteiger partial charge in [0.05, 0.1) is 17.8 Å². The molecule has 2 aromatic rings. The molecule has 4 nitrogen and oxygen atoms in total. The Morgan fingerprint density at radius 2 is 2.18 bits per heavy atom. The van der Waals surface area contributed by atoms with E-state index >= 15 is 0 Å². The summed E-state index contributed by atoms with van der Waals surface area (Å²) in [6.45, 7) is 4.57. The lowest BCUT2D eigenvalue weighted by Crippen LogP contribution is -2.24. The minimum atomic E-state index is 0.0821. The fraction of sp³-hybridized carbons (Fsp3) is 0.385. The molecule has 0 fully saturated rings. The van der Waals surface area contributed by atoms with E-state index in [0.29, 0.717) is 18.9 Å². The third-order valence-corrected chi connectivity index (χ3v) is 2.60. The zero-order valence-electron chi connectivity index (χ0n) is 10.2. The number of hydrogen-bond donors (Lipinski definition) is 2. The number of nitrogens with one attached hydrogen (secondary N) is 2. The number of fused-ring (bicyclic) bond motifs is 1. The van der Waals surface area contributed by atoms with E-state index in [4.69, 9.17) is 0 Å². The summed E-state index contributed by atoms with van der Waals surface area (Å²) in [4.78, 5) is 11.5. The summed E-state index contributed by atoms with van der Waals surface area (Å²) < 4.78 is 0. The molecule has 0 aliphatic rings. The third kappa shape index (κ3) is 2.84. The third-order valence-electron chi connectivity index (χ3n) is 2.60. The van der Waals surface area contributed by atoms with Gasteiger partial charge < -0.3 is 5.32 Å². The molecule has 0 unspecified atom stereocenters. The molecule has 2 rings (SSSR count). The molecule has 1 amide bonds. The van der Waals surface area contributed by atoms with Crippen LogP contribution in [0.5, 0.6) is 0 Å². The van der Waals surface area contributed by atoms with E-state index in [2.05, 4.69) is 15.5 Å². The molecule has 0 aliphatic heterocycles. The second-order valence-electron chi connectivity index (χ2n) is 4.59. The average Bonchev–Trinajstić information content (AvgIpc) is 2.69. The van der Waals surface area contributed by atoms with Gasteiger partial charge in [0, 0.05) is 11.8 Å². The molecule has 2 N–H and O–H groups in total. The van der Waals surface area contributed by atoms with Gasteiger partial charge in [-0.2, -0.15) is 5.10 Å². The van der Waals surface area contributed by atoms with E-state index in [1.807, 2.05) is 38.1 Å². The van der Waals surface area contributed by atoms with E-state index in [9.17, 15) is 4.79 Å². The zero-order chi connectivity index (χ0) is 12.3. The number of aromatic amines is 1. The van der Waals surface area contributed by atoms with E-state index < -0.39 is 0 Å². The van der Waals surface area contributed by atoms with Gasteiger partial charge in [-0.15, -0.1) is 0 Å². The first-order valence-electron chi connectivity index (χ1n) is 5.85. The van der Waals surface area contributed by atoms with Crippen LogP contribution in [0.15, 0.2) is 24.3 Å². The monoisotopic (exact) mass is 231 g/mol. The number of carbonyl (C=O) groups is 1. The van der Waals surface area contributed by atoms with Crippen molar-refractivity contribution in [3.05, 3.63) is 30.0 Å². The van der Waals surface area contributed by atoms with Gasteiger partial charge in [0.15, 0.2) is 0 Å². The summed E-state index contributed by atoms with van der Waals surface area (Å²) >= 11 is 0. The van der Waals surface area contributed by atoms with Crippen molar-refractivity contribution in [2.75, 3.05) is 0 Å². The fourth-order valence-corrected chi connectivity index (χ4v) is 1.78. The largest absolute Gasteiger partial charge is 0.350 e. The number of nitrogens with zero attached hydrogens (tertiary/aromatic N) is 1. The Labute approximate surface area is 100 Å². The number of amides is 1. The molecule has 17 heavy (non-hydrogen) atoms. The summed E-state index contributed by atoms with van der Waals surface area (Å²) in [5, 5.41) is 11.1. The van der Waals surface area contributed by atoms with Crippen molar-refractivity contribution in [2.24, 2.45) is 5.92 Å².